The lowest BCUT2D eigenvalue weighted by Gasteiger charge is -2.09. The van der Waals surface area contributed by atoms with Gasteiger partial charge in [0, 0.05) is 10.7 Å². The maximum absolute atomic E-state index is 11.8. The Hall–Kier alpha value is -1.37. The second-order valence-corrected chi connectivity index (χ2v) is 7.12. The number of carbonyl (C=O) groups excluding carboxylic acids is 2. The van der Waals surface area contributed by atoms with Crippen LogP contribution in [-0.4, -0.2) is 18.4 Å². The molecule has 1 heterocycles. The van der Waals surface area contributed by atoms with Crippen molar-refractivity contribution in [3.8, 4) is 0 Å². The molecule has 0 aliphatic carbocycles. The summed E-state index contributed by atoms with van der Waals surface area (Å²) in [6.45, 7) is 1.72. The van der Waals surface area contributed by atoms with Crippen LogP contribution >= 0.6 is 38.9 Å². The van der Waals surface area contributed by atoms with Crippen LogP contribution in [0, 0.1) is 6.92 Å². The standard InChI is InChI=1S/C14H12BrClN2O2S/c1-8-9(16)3-2-4-10(8)18-13(19)7-17-14(20)11-5-6-12(15)21-11/h2-6H,7H2,1H3,(H,17,20)(H,18,19). The first-order valence-electron chi connectivity index (χ1n) is 6.06. The van der Waals surface area contributed by atoms with Gasteiger partial charge in [-0.2, -0.15) is 0 Å². The summed E-state index contributed by atoms with van der Waals surface area (Å²) in [6, 6.07) is 8.76. The van der Waals surface area contributed by atoms with Crippen molar-refractivity contribution >= 4 is 56.4 Å². The van der Waals surface area contributed by atoms with E-state index in [-0.39, 0.29) is 18.4 Å². The van der Waals surface area contributed by atoms with Crippen LogP contribution in [0.3, 0.4) is 0 Å². The average molecular weight is 388 g/mol. The monoisotopic (exact) mass is 386 g/mol. The first kappa shape index (κ1) is 16.0. The molecule has 110 valence electrons. The van der Waals surface area contributed by atoms with Crippen molar-refractivity contribution in [1.82, 2.24) is 5.32 Å². The fourth-order valence-electron chi connectivity index (χ4n) is 1.62. The lowest BCUT2D eigenvalue weighted by atomic mass is 10.2. The number of benzene rings is 1. The molecular weight excluding hydrogens is 376 g/mol. The number of amides is 2. The largest absolute Gasteiger partial charge is 0.342 e. The number of nitrogens with one attached hydrogen (secondary N) is 2. The van der Waals surface area contributed by atoms with Crippen molar-refractivity contribution in [3.63, 3.8) is 0 Å². The number of halogens is 2. The summed E-state index contributed by atoms with van der Waals surface area (Å²) in [6.07, 6.45) is 0. The zero-order valence-electron chi connectivity index (χ0n) is 11.1. The van der Waals surface area contributed by atoms with Crippen LogP contribution in [0.1, 0.15) is 15.2 Å². The van der Waals surface area contributed by atoms with E-state index in [1.165, 1.54) is 11.3 Å². The maximum atomic E-state index is 11.8. The fourth-order valence-corrected chi connectivity index (χ4v) is 3.10. The first-order valence-corrected chi connectivity index (χ1v) is 8.04. The van der Waals surface area contributed by atoms with Gasteiger partial charge in [-0.15, -0.1) is 11.3 Å². The molecule has 0 saturated carbocycles. The van der Waals surface area contributed by atoms with Crippen LogP contribution in [0.5, 0.6) is 0 Å². The third-order valence-electron chi connectivity index (χ3n) is 2.75. The summed E-state index contributed by atoms with van der Waals surface area (Å²) in [7, 11) is 0. The highest BCUT2D eigenvalue weighted by atomic mass is 79.9. The van der Waals surface area contributed by atoms with Gasteiger partial charge in [-0.1, -0.05) is 17.7 Å². The van der Waals surface area contributed by atoms with Crippen LogP contribution in [0.4, 0.5) is 5.69 Å². The second kappa shape index (κ2) is 7.06. The molecule has 0 radical (unpaired) electrons. The van der Waals surface area contributed by atoms with Gasteiger partial charge >= 0.3 is 0 Å². The molecule has 2 aromatic rings. The average Bonchev–Trinajstić information content (AvgIpc) is 2.88. The highest BCUT2D eigenvalue weighted by Crippen LogP contribution is 2.23. The summed E-state index contributed by atoms with van der Waals surface area (Å²) in [5, 5.41) is 5.87. The van der Waals surface area contributed by atoms with E-state index in [4.69, 9.17) is 11.6 Å². The minimum absolute atomic E-state index is 0.0969. The molecule has 2 rings (SSSR count). The maximum Gasteiger partial charge on any atom is 0.261 e. The van der Waals surface area contributed by atoms with E-state index in [0.717, 1.165) is 9.35 Å². The topological polar surface area (TPSA) is 58.2 Å². The molecule has 0 bridgehead atoms. The van der Waals surface area contributed by atoms with Gasteiger partial charge in [0.15, 0.2) is 0 Å². The Labute approximate surface area is 139 Å². The summed E-state index contributed by atoms with van der Waals surface area (Å²) in [5.74, 6) is -0.576. The molecule has 0 saturated heterocycles. The van der Waals surface area contributed by atoms with Gasteiger partial charge in [-0.3, -0.25) is 9.59 Å². The number of hydrogen-bond donors (Lipinski definition) is 2. The number of carbonyl (C=O) groups is 2. The molecule has 0 aliphatic heterocycles. The molecule has 0 fully saturated rings. The van der Waals surface area contributed by atoms with Gasteiger partial charge in [0.1, 0.15) is 0 Å². The molecule has 0 atom stereocenters. The summed E-state index contributed by atoms with van der Waals surface area (Å²) < 4.78 is 0.867. The van der Waals surface area contributed by atoms with Gasteiger partial charge in [0.2, 0.25) is 5.91 Å². The summed E-state index contributed by atoms with van der Waals surface area (Å²) >= 11 is 10.6. The number of anilines is 1. The van der Waals surface area contributed by atoms with Crippen LogP contribution in [0.2, 0.25) is 5.02 Å². The van der Waals surface area contributed by atoms with Crippen molar-refractivity contribution in [2.75, 3.05) is 11.9 Å². The Morgan fingerprint density at radius 1 is 1.29 bits per heavy atom. The Kier molecular flexibility index (Phi) is 5.39. The molecule has 2 amide bonds. The number of rotatable bonds is 4. The van der Waals surface area contributed by atoms with Crippen LogP contribution in [-0.2, 0) is 4.79 Å². The summed E-state index contributed by atoms with van der Waals surface area (Å²) in [4.78, 5) is 24.2. The lowest BCUT2D eigenvalue weighted by molar-refractivity contribution is -0.115. The molecule has 7 heteroatoms. The first-order chi connectivity index (χ1) is 9.97. The van der Waals surface area contributed by atoms with Gasteiger partial charge < -0.3 is 10.6 Å². The normalized spacial score (nSPS) is 10.2. The van der Waals surface area contributed by atoms with E-state index in [9.17, 15) is 9.59 Å². The van der Waals surface area contributed by atoms with Crippen molar-refractivity contribution in [2.45, 2.75) is 6.92 Å². The smallest absolute Gasteiger partial charge is 0.261 e. The minimum atomic E-state index is -0.302. The molecule has 0 spiro atoms. The van der Waals surface area contributed by atoms with Crippen molar-refractivity contribution < 1.29 is 9.59 Å². The Morgan fingerprint density at radius 3 is 2.71 bits per heavy atom. The third-order valence-corrected chi connectivity index (χ3v) is 4.78. The Balaban J connectivity index is 1.90. The van der Waals surface area contributed by atoms with E-state index >= 15 is 0 Å². The molecule has 0 unspecified atom stereocenters. The fraction of sp³-hybridized carbons (Fsp3) is 0.143. The van der Waals surface area contributed by atoms with Gasteiger partial charge in [-0.05, 0) is 52.7 Å². The molecule has 1 aromatic heterocycles. The van der Waals surface area contributed by atoms with Crippen LogP contribution in [0.25, 0.3) is 0 Å². The SMILES string of the molecule is Cc1c(Cl)cccc1NC(=O)CNC(=O)c1ccc(Br)s1. The van der Waals surface area contributed by atoms with Gasteiger partial charge in [-0.25, -0.2) is 0 Å². The summed E-state index contributed by atoms with van der Waals surface area (Å²) in [5.41, 5.74) is 1.43. The molecule has 0 aliphatic rings. The Morgan fingerprint density at radius 2 is 2.05 bits per heavy atom. The second-order valence-electron chi connectivity index (χ2n) is 4.25. The highest BCUT2D eigenvalue weighted by molar-refractivity contribution is 9.11. The van der Waals surface area contributed by atoms with E-state index in [1.807, 2.05) is 6.92 Å². The predicted octanol–water partition coefficient (Wildman–Crippen LogP) is 3.84. The molecule has 1 aromatic carbocycles. The van der Waals surface area contributed by atoms with E-state index in [1.54, 1.807) is 30.3 Å². The molecule has 4 nitrogen and oxygen atoms in total. The lowest BCUT2D eigenvalue weighted by Crippen LogP contribution is -2.32. The van der Waals surface area contributed by atoms with Crippen LogP contribution < -0.4 is 10.6 Å². The zero-order chi connectivity index (χ0) is 15.4. The van der Waals surface area contributed by atoms with Crippen LogP contribution in [0.15, 0.2) is 34.1 Å². The van der Waals surface area contributed by atoms with Crippen molar-refractivity contribution in [1.29, 1.82) is 0 Å². The predicted molar refractivity (Wildman–Crippen MR) is 89.2 cm³/mol. The molecular formula is C14H12BrClN2O2S. The van der Waals surface area contributed by atoms with Crippen molar-refractivity contribution in [2.24, 2.45) is 0 Å². The number of thiophene rings is 1. The van der Waals surface area contributed by atoms with Crippen molar-refractivity contribution in [3.05, 3.63) is 49.6 Å². The third kappa shape index (κ3) is 4.30. The quantitative estimate of drug-likeness (QED) is 0.837. The zero-order valence-corrected chi connectivity index (χ0v) is 14.2. The van der Waals surface area contributed by atoms with E-state index in [0.29, 0.717) is 15.6 Å². The minimum Gasteiger partial charge on any atom is -0.342 e. The van der Waals surface area contributed by atoms with Gasteiger partial charge in [0.05, 0.1) is 15.2 Å². The van der Waals surface area contributed by atoms with E-state index < -0.39 is 0 Å². The Bertz CT molecular complexity index is 687. The van der Waals surface area contributed by atoms with Gasteiger partial charge in [0.25, 0.3) is 5.91 Å². The van der Waals surface area contributed by atoms with E-state index in [2.05, 4.69) is 26.6 Å². The number of hydrogen-bond acceptors (Lipinski definition) is 3. The molecule has 2 N–H and O–H groups in total. The highest BCUT2D eigenvalue weighted by Gasteiger charge is 2.11. The molecule has 21 heavy (non-hydrogen) atoms.